The monoisotopic (exact) mass is 383 g/mol. The fourth-order valence-corrected chi connectivity index (χ4v) is 4.40. The van der Waals surface area contributed by atoms with Crippen molar-refractivity contribution < 1.29 is 9.13 Å². The van der Waals surface area contributed by atoms with Crippen LogP contribution >= 0.6 is 0 Å². The van der Waals surface area contributed by atoms with E-state index in [4.69, 9.17) is 4.74 Å². The molecule has 0 radical (unpaired) electrons. The van der Waals surface area contributed by atoms with Gasteiger partial charge in [0.05, 0.1) is 6.10 Å². The van der Waals surface area contributed by atoms with Crippen LogP contribution in [0.1, 0.15) is 23.7 Å². The third kappa shape index (κ3) is 4.54. The maximum atomic E-state index is 13.1. The molecule has 1 saturated heterocycles. The average molecular weight is 384 g/mol. The normalized spacial score (nSPS) is 20.9. The molecule has 1 atom stereocenters. The number of methoxy groups -OCH3 is 1. The number of benzene rings is 2. The smallest absolute Gasteiger partial charge is 0.123 e. The second-order valence-corrected chi connectivity index (χ2v) is 7.82. The largest absolute Gasteiger partial charge is 0.375 e. The van der Waals surface area contributed by atoms with Crippen LogP contribution in [-0.4, -0.2) is 62.7 Å². The highest BCUT2D eigenvalue weighted by atomic mass is 19.1. The summed E-state index contributed by atoms with van der Waals surface area (Å²) in [7, 11) is 1.81. The van der Waals surface area contributed by atoms with Crippen molar-refractivity contribution in [2.24, 2.45) is 0 Å². The predicted octanol–water partition coefficient (Wildman–Crippen LogP) is 3.54. The van der Waals surface area contributed by atoms with Gasteiger partial charge in [-0.15, -0.1) is 0 Å². The van der Waals surface area contributed by atoms with E-state index in [0.717, 1.165) is 58.0 Å². The van der Waals surface area contributed by atoms with Crippen LogP contribution in [0.5, 0.6) is 0 Å². The minimum atomic E-state index is -0.168. The molecule has 2 aliphatic heterocycles. The van der Waals surface area contributed by atoms with Crippen LogP contribution in [0.2, 0.25) is 0 Å². The number of halogens is 1. The summed E-state index contributed by atoms with van der Waals surface area (Å²) >= 11 is 0. The number of fused-ring (bicyclic) bond motifs is 1. The Balaban J connectivity index is 1.22. The summed E-state index contributed by atoms with van der Waals surface area (Å²) in [5, 5.41) is 0. The van der Waals surface area contributed by atoms with Crippen molar-refractivity contribution in [2.75, 3.05) is 57.8 Å². The third-order valence-corrected chi connectivity index (χ3v) is 6.02. The molecule has 5 heteroatoms. The Morgan fingerprint density at radius 3 is 2.39 bits per heavy atom. The summed E-state index contributed by atoms with van der Waals surface area (Å²) in [5.41, 5.74) is 3.87. The van der Waals surface area contributed by atoms with Crippen molar-refractivity contribution in [3.8, 4) is 0 Å². The highest BCUT2D eigenvalue weighted by Crippen LogP contribution is 2.28. The molecule has 0 amide bonds. The van der Waals surface area contributed by atoms with Gasteiger partial charge in [0.25, 0.3) is 0 Å². The van der Waals surface area contributed by atoms with Crippen LogP contribution in [0.3, 0.4) is 0 Å². The van der Waals surface area contributed by atoms with Gasteiger partial charge in [0.1, 0.15) is 5.82 Å². The molecular formula is C23H30FN3O. The lowest BCUT2D eigenvalue weighted by molar-refractivity contribution is 0.0465. The van der Waals surface area contributed by atoms with Gasteiger partial charge in [-0.1, -0.05) is 24.3 Å². The molecule has 1 unspecified atom stereocenters. The van der Waals surface area contributed by atoms with Crippen LogP contribution in [0.4, 0.5) is 10.1 Å². The maximum Gasteiger partial charge on any atom is 0.123 e. The van der Waals surface area contributed by atoms with Crippen LogP contribution in [0.25, 0.3) is 0 Å². The van der Waals surface area contributed by atoms with E-state index >= 15 is 0 Å². The standard InChI is InChI=1S/C23H30FN3O/c1-28-23-18-26(17-19-5-2-3-6-22(19)23)12-4-11-25-13-15-27(16-14-25)21-9-7-20(24)8-10-21/h2-3,5-10,23H,4,11-18H2,1H3. The van der Waals surface area contributed by atoms with E-state index in [9.17, 15) is 4.39 Å². The topological polar surface area (TPSA) is 19.0 Å². The number of ether oxygens (including phenoxy) is 1. The first-order valence-corrected chi connectivity index (χ1v) is 10.3. The molecule has 2 aliphatic rings. The zero-order valence-corrected chi connectivity index (χ0v) is 16.7. The zero-order valence-electron chi connectivity index (χ0n) is 16.7. The zero-order chi connectivity index (χ0) is 19.3. The first-order chi connectivity index (χ1) is 13.7. The number of hydrogen-bond donors (Lipinski definition) is 0. The first kappa shape index (κ1) is 19.4. The molecule has 150 valence electrons. The Bertz CT molecular complexity index is 759. The van der Waals surface area contributed by atoms with Crippen molar-refractivity contribution in [1.82, 2.24) is 9.80 Å². The van der Waals surface area contributed by atoms with E-state index in [1.54, 1.807) is 12.1 Å². The molecule has 2 heterocycles. The van der Waals surface area contributed by atoms with Gasteiger partial charge in [-0.25, -0.2) is 4.39 Å². The number of anilines is 1. The van der Waals surface area contributed by atoms with Gasteiger partial charge in [0, 0.05) is 52.1 Å². The number of nitrogens with zero attached hydrogens (tertiary/aromatic N) is 3. The van der Waals surface area contributed by atoms with Crippen molar-refractivity contribution in [2.45, 2.75) is 19.1 Å². The molecule has 0 aromatic heterocycles. The third-order valence-electron chi connectivity index (χ3n) is 6.02. The summed E-state index contributed by atoms with van der Waals surface area (Å²) in [6.07, 6.45) is 1.36. The van der Waals surface area contributed by atoms with E-state index < -0.39 is 0 Å². The number of piperazine rings is 1. The molecule has 0 spiro atoms. The summed E-state index contributed by atoms with van der Waals surface area (Å²) in [5.74, 6) is -0.168. The van der Waals surface area contributed by atoms with Crippen LogP contribution in [0, 0.1) is 5.82 Å². The van der Waals surface area contributed by atoms with Crippen LogP contribution in [-0.2, 0) is 11.3 Å². The molecule has 2 aromatic rings. The highest BCUT2D eigenvalue weighted by Gasteiger charge is 2.24. The molecule has 4 nitrogen and oxygen atoms in total. The Hall–Kier alpha value is -1.95. The van der Waals surface area contributed by atoms with Gasteiger partial charge in [0.15, 0.2) is 0 Å². The van der Waals surface area contributed by atoms with Gasteiger partial charge in [-0.2, -0.15) is 0 Å². The number of hydrogen-bond acceptors (Lipinski definition) is 4. The highest BCUT2D eigenvalue weighted by molar-refractivity contribution is 5.46. The van der Waals surface area contributed by atoms with Crippen molar-refractivity contribution in [3.05, 3.63) is 65.5 Å². The lowest BCUT2D eigenvalue weighted by Crippen LogP contribution is -2.47. The summed E-state index contributed by atoms with van der Waals surface area (Å²) in [6.45, 7) is 8.39. The van der Waals surface area contributed by atoms with Gasteiger partial charge < -0.3 is 9.64 Å². The van der Waals surface area contributed by atoms with Crippen LogP contribution < -0.4 is 4.90 Å². The fraction of sp³-hybridized carbons (Fsp3) is 0.478. The Morgan fingerprint density at radius 1 is 0.929 bits per heavy atom. The Labute approximate surface area is 167 Å². The lowest BCUT2D eigenvalue weighted by atomic mass is 9.97. The summed E-state index contributed by atoms with van der Waals surface area (Å²) in [6, 6.07) is 15.5. The predicted molar refractivity (Wildman–Crippen MR) is 111 cm³/mol. The van der Waals surface area contributed by atoms with Crippen molar-refractivity contribution >= 4 is 5.69 Å². The molecule has 0 saturated carbocycles. The van der Waals surface area contributed by atoms with Gasteiger partial charge >= 0.3 is 0 Å². The van der Waals surface area contributed by atoms with E-state index in [2.05, 4.69) is 39.0 Å². The van der Waals surface area contributed by atoms with Gasteiger partial charge in [0.2, 0.25) is 0 Å². The number of rotatable bonds is 6. The van der Waals surface area contributed by atoms with E-state index in [0.29, 0.717) is 0 Å². The Morgan fingerprint density at radius 2 is 1.64 bits per heavy atom. The average Bonchev–Trinajstić information content (AvgIpc) is 2.74. The Kier molecular flexibility index (Phi) is 6.25. The second-order valence-electron chi connectivity index (χ2n) is 7.82. The SMILES string of the molecule is COC1CN(CCCN2CCN(c3ccc(F)cc3)CC2)Cc2ccccc21. The molecule has 1 fully saturated rings. The van der Waals surface area contributed by atoms with E-state index in [1.807, 2.05) is 19.2 Å². The van der Waals surface area contributed by atoms with Gasteiger partial charge in [-0.05, 0) is 54.9 Å². The van der Waals surface area contributed by atoms with E-state index in [-0.39, 0.29) is 11.9 Å². The quantitative estimate of drug-likeness (QED) is 0.759. The molecular weight excluding hydrogens is 353 g/mol. The molecule has 0 N–H and O–H groups in total. The molecule has 4 rings (SSSR count). The fourth-order valence-electron chi connectivity index (χ4n) is 4.40. The van der Waals surface area contributed by atoms with Crippen molar-refractivity contribution in [1.29, 1.82) is 0 Å². The molecule has 2 aromatic carbocycles. The lowest BCUT2D eigenvalue weighted by Gasteiger charge is -2.37. The minimum absolute atomic E-state index is 0.168. The summed E-state index contributed by atoms with van der Waals surface area (Å²) < 4.78 is 18.8. The molecule has 0 aliphatic carbocycles. The summed E-state index contributed by atoms with van der Waals surface area (Å²) in [4.78, 5) is 7.41. The second kappa shape index (κ2) is 9.03. The first-order valence-electron chi connectivity index (χ1n) is 10.3. The van der Waals surface area contributed by atoms with Crippen LogP contribution in [0.15, 0.2) is 48.5 Å². The van der Waals surface area contributed by atoms with Gasteiger partial charge in [-0.3, -0.25) is 9.80 Å². The maximum absolute atomic E-state index is 13.1. The van der Waals surface area contributed by atoms with Crippen molar-refractivity contribution in [3.63, 3.8) is 0 Å². The minimum Gasteiger partial charge on any atom is -0.375 e. The molecule has 28 heavy (non-hydrogen) atoms. The molecule has 0 bridgehead atoms. The van der Waals surface area contributed by atoms with E-state index in [1.165, 1.54) is 17.5 Å².